The zero-order chi connectivity index (χ0) is 20.7. The van der Waals surface area contributed by atoms with Crippen molar-refractivity contribution in [2.45, 2.75) is 0 Å². The third-order valence-electron chi connectivity index (χ3n) is 4.50. The molecule has 3 aromatic carbocycles. The Balaban J connectivity index is 1.82. The Kier molecular flexibility index (Phi) is 4.56. The molecule has 29 heavy (non-hydrogen) atoms. The van der Waals surface area contributed by atoms with E-state index in [9.17, 15) is 9.18 Å². The van der Waals surface area contributed by atoms with Crippen molar-refractivity contribution >= 4 is 45.7 Å². The summed E-state index contributed by atoms with van der Waals surface area (Å²) < 4.78 is 28.5. The van der Waals surface area contributed by atoms with Gasteiger partial charge in [0, 0.05) is 0 Å². The molecule has 0 bridgehead atoms. The highest BCUT2D eigenvalue weighted by Gasteiger charge is 2.21. The highest BCUT2D eigenvalue weighted by molar-refractivity contribution is 6.31. The summed E-state index contributed by atoms with van der Waals surface area (Å²) in [4.78, 5) is 12.9. The summed E-state index contributed by atoms with van der Waals surface area (Å²) in [6.07, 6.45) is 0. The standard InChI is InChI=1S/C20H14ClF2N5O/c21-13-9-11(5-6-14(13)22)28(20(25)29)17-7-4-10(8-15(17)23)12-2-1-3-16-18(12)19(24)27-26-16/h1-9H,(H2,25,29)(H3,24,26,27). The largest absolute Gasteiger partial charge is 0.382 e. The van der Waals surface area contributed by atoms with Crippen molar-refractivity contribution in [1.82, 2.24) is 10.2 Å². The molecule has 0 aliphatic heterocycles. The lowest BCUT2D eigenvalue weighted by Gasteiger charge is -2.22. The fourth-order valence-corrected chi connectivity index (χ4v) is 3.38. The quantitative estimate of drug-likeness (QED) is 0.442. The number of halogens is 3. The molecule has 6 nitrogen and oxygen atoms in total. The smallest absolute Gasteiger partial charge is 0.323 e. The van der Waals surface area contributed by atoms with Crippen LogP contribution < -0.4 is 16.4 Å². The Labute approximate surface area is 168 Å². The van der Waals surface area contributed by atoms with Crippen LogP contribution in [0.3, 0.4) is 0 Å². The number of primary amides is 1. The minimum atomic E-state index is -0.944. The second kappa shape index (κ2) is 7.06. The molecule has 0 unspecified atom stereocenters. The van der Waals surface area contributed by atoms with E-state index in [4.69, 9.17) is 23.1 Å². The maximum absolute atomic E-state index is 15.0. The molecule has 0 saturated heterocycles. The Bertz CT molecular complexity index is 1260. The predicted molar refractivity (Wildman–Crippen MR) is 109 cm³/mol. The summed E-state index contributed by atoms with van der Waals surface area (Å²) in [7, 11) is 0. The topological polar surface area (TPSA) is 101 Å². The lowest BCUT2D eigenvalue weighted by Crippen LogP contribution is -2.32. The second-order valence-corrected chi connectivity index (χ2v) is 6.68. The van der Waals surface area contributed by atoms with E-state index in [1.54, 1.807) is 24.3 Å². The van der Waals surface area contributed by atoms with Crippen LogP contribution in [0.25, 0.3) is 22.0 Å². The van der Waals surface area contributed by atoms with Crippen LogP contribution in [0, 0.1) is 11.6 Å². The number of hydrogen-bond acceptors (Lipinski definition) is 3. The van der Waals surface area contributed by atoms with Crippen LogP contribution in [0.15, 0.2) is 54.6 Å². The first-order chi connectivity index (χ1) is 13.9. The van der Waals surface area contributed by atoms with Gasteiger partial charge in [0.1, 0.15) is 11.6 Å². The van der Waals surface area contributed by atoms with Gasteiger partial charge in [-0.2, -0.15) is 5.10 Å². The minimum Gasteiger partial charge on any atom is -0.382 e. The number of hydrogen-bond donors (Lipinski definition) is 3. The Hall–Kier alpha value is -3.65. The van der Waals surface area contributed by atoms with E-state index in [0.717, 1.165) is 11.0 Å². The molecule has 4 rings (SSSR count). The first kappa shape index (κ1) is 18.7. The number of aromatic amines is 1. The summed E-state index contributed by atoms with van der Waals surface area (Å²) >= 11 is 5.79. The van der Waals surface area contributed by atoms with Crippen molar-refractivity contribution in [3.63, 3.8) is 0 Å². The van der Waals surface area contributed by atoms with Crippen molar-refractivity contribution < 1.29 is 13.6 Å². The Morgan fingerprint density at radius 3 is 2.55 bits per heavy atom. The molecule has 0 spiro atoms. The molecule has 1 heterocycles. The maximum atomic E-state index is 15.0. The van der Waals surface area contributed by atoms with Crippen LogP contribution in [0.4, 0.5) is 30.8 Å². The number of aromatic nitrogens is 2. The van der Waals surface area contributed by atoms with Gasteiger partial charge in [0.15, 0.2) is 5.82 Å². The fourth-order valence-electron chi connectivity index (χ4n) is 3.20. The fraction of sp³-hybridized carbons (Fsp3) is 0. The number of nitrogens with two attached hydrogens (primary N) is 2. The van der Waals surface area contributed by atoms with E-state index in [0.29, 0.717) is 27.8 Å². The molecule has 1 aromatic heterocycles. The molecule has 0 radical (unpaired) electrons. The molecule has 0 saturated carbocycles. The van der Waals surface area contributed by atoms with Crippen LogP contribution in [-0.2, 0) is 0 Å². The number of nitrogens with zero attached hydrogens (tertiary/aromatic N) is 2. The van der Waals surface area contributed by atoms with E-state index in [2.05, 4.69) is 10.2 Å². The van der Waals surface area contributed by atoms with Crippen LogP contribution in [0.5, 0.6) is 0 Å². The molecule has 4 aromatic rings. The van der Waals surface area contributed by atoms with E-state index >= 15 is 4.39 Å². The van der Waals surface area contributed by atoms with E-state index < -0.39 is 17.7 Å². The SMILES string of the molecule is NC(=O)N(c1ccc(F)c(Cl)c1)c1ccc(-c2cccc3[nH]nc(N)c23)cc1F. The Morgan fingerprint density at radius 1 is 1.07 bits per heavy atom. The average Bonchev–Trinajstić information content (AvgIpc) is 3.07. The number of fused-ring (bicyclic) bond motifs is 1. The summed E-state index contributed by atoms with van der Waals surface area (Å²) in [5.41, 5.74) is 13.3. The maximum Gasteiger partial charge on any atom is 0.323 e. The van der Waals surface area contributed by atoms with Gasteiger partial charge >= 0.3 is 6.03 Å². The third-order valence-corrected chi connectivity index (χ3v) is 4.79. The first-order valence-electron chi connectivity index (χ1n) is 8.44. The van der Waals surface area contributed by atoms with Crippen LogP contribution in [-0.4, -0.2) is 16.2 Å². The van der Waals surface area contributed by atoms with Gasteiger partial charge < -0.3 is 11.5 Å². The predicted octanol–water partition coefficient (Wildman–Crippen LogP) is 4.96. The molecular formula is C20H14ClF2N5O. The number of urea groups is 1. The van der Waals surface area contributed by atoms with Gasteiger partial charge in [-0.3, -0.25) is 10.00 Å². The number of H-pyrrole nitrogens is 1. The van der Waals surface area contributed by atoms with Gasteiger partial charge in [0.05, 0.1) is 27.3 Å². The van der Waals surface area contributed by atoms with Gasteiger partial charge in [-0.25, -0.2) is 13.6 Å². The molecule has 0 fully saturated rings. The lowest BCUT2D eigenvalue weighted by molar-refractivity contribution is 0.256. The van der Waals surface area contributed by atoms with Crippen molar-refractivity contribution in [3.05, 3.63) is 71.3 Å². The molecule has 2 amide bonds. The van der Waals surface area contributed by atoms with Crippen LogP contribution in [0.1, 0.15) is 0 Å². The molecule has 5 N–H and O–H groups in total. The summed E-state index contributed by atoms with van der Waals surface area (Å²) in [6, 6.07) is 12.3. The summed E-state index contributed by atoms with van der Waals surface area (Å²) in [5.74, 6) is -1.08. The number of nitrogen functional groups attached to an aromatic ring is 1. The number of amides is 2. The molecule has 9 heteroatoms. The van der Waals surface area contributed by atoms with Gasteiger partial charge in [-0.1, -0.05) is 29.8 Å². The van der Waals surface area contributed by atoms with E-state index in [1.165, 1.54) is 24.3 Å². The molecule has 0 aliphatic carbocycles. The Morgan fingerprint density at radius 2 is 1.86 bits per heavy atom. The van der Waals surface area contributed by atoms with Crippen molar-refractivity contribution in [1.29, 1.82) is 0 Å². The van der Waals surface area contributed by atoms with E-state index in [1.807, 2.05) is 0 Å². The molecule has 146 valence electrons. The van der Waals surface area contributed by atoms with Gasteiger partial charge in [-0.15, -0.1) is 0 Å². The van der Waals surface area contributed by atoms with Gasteiger partial charge in [-0.05, 0) is 47.5 Å². The third kappa shape index (κ3) is 3.23. The zero-order valence-corrected chi connectivity index (χ0v) is 15.5. The lowest BCUT2D eigenvalue weighted by atomic mass is 10.0. The average molecular weight is 414 g/mol. The number of carbonyl (C=O) groups excluding carboxylic acids is 1. The van der Waals surface area contributed by atoms with Crippen molar-refractivity contribution in [3.8, 4) is 11.1 Å². The highest BCUT2D eigenvalue weighted by atomic mass is 35.5. The molecule has 0 aliphatic rings. The monoisotopic (exact) mass is 413 g/mol. The summed E-state index contributed by atoms with van der Waals surface area (Å²) in [6.45, 7) is 0. The highest BCUT2D eigenvalue weighted by Crippen LogP contribution is 2.36. The van der Waals surface area contributed by atoms with Crippen molar-refractivity contribution in [2.24, 2.45) is 5.73 Å². The number of benzene rings is 3. The van der Waals surface area contributed by atoms with Gasteiger partial charge in [0.25, 0.3) is 0 Å². The van der Waals surface area contributed by atoms with Crippen LogP contribution in [0.2, 0.25) is 5.02 Å². The number of nitrogens with one attached hydrogen (secondary N) is 1. The first-order valence-corrected chi connectivity index (χ1v) is 8.81. The number of rotatable bonds is 3. The molecule has 0 atom stereocenters. The normalized spacial score (nSPS) is 11.0. The number of carbonyl (C=O) groups is 1. The van der Waals surface area contributed by atoms with Gasteiger partial charge in [0.2, 0.25) is 0 Å². The molecular weight excluding hydrogens is 400 g/mol. The van der Waals surface area contributed by atoms with E-state index in [-0.39, 0.29) is 16.4 Å². The van der Waals surface area contributed by atoms with Crippen molar-refractivity contribution in [2.75, 3.05) is 10.6 Å². The minimum absolute atomic E-state index is 0.101. The summed E-state index contributed by atoms with van der Waals surface area (Å²) in [5, 5.41) is 7.23. The number of anilines is 3. The zero-order valence-electron chi connectivity index (χ0n) is 14.8. The van der Waals surface area contributed by atoms with Crippen LogP contribution >= 0.6 is 11.6 Å². The second-order valence-electron chi connectivity index (χ2n) is 6.28.